The summed E-state index contributed by atoms with van der Waals surface area (Å²) in [5.41, 5.74) is 0. The number of aliphatic hydroxyl groups is 1. The Labute approximate surface area is 642 Å². The molecule has 0 aliphatic heterocycles. The van der Waals surface area contributed by atoms with E-state index in [0.29, 0.717) is 25.7 Å². The molecule has 0 spiro atoms. The molecule has 0 amide bonds. The van der Waals surface area contributed by atoms with Crippen LogP contribution in [0.4, 0.5) is 0 Å². The molecule has 19 heteroatoms. The van der Waals surface area contributed by atoms with Crippen LogP contribution in [0.15, 0.2) is 158 Å². The fraction of sp³-hybridized carbons (Fsp3) is 0.655. The second-order valence-corrected chi connectivity index (χ2v) is 29.5. The van der Waals surface area contributed by atoms with E-state index < -0.39 is 97.5 Å². The number of unbranched alkanes of at least 4 members (excludes halogenated alkanes) is 23. The lowest BCUT2D eigenvalue weighted by Crippen LogP contribution is -2.30. The van der Waals surface area contributed by atoms with E-state index in [9.17, 15) is 43.2 Å². The Morgan fingerprint density at radius 3 is 0.774 bits per heavy atom. The maximum absolute atomic E-state index is 13.1. The van der Waals surface area contributed by atoms with Gasteiger partial charge in [0.15, 0.2) is 12.2 Å². The Morgan fingerprint density at radius 1 is 0.274 bits per heavy atom. The summed E-state index contributed by atoms with van der Waals surface area (Å²) in [5.74, 6) is -2.27. The Morgan fingerprint density at radius 2 is 0.491 bits per heavy atom. The van der Waals surface area contributed by atoms with E-state index in [-0.39, 0.29) is 25.7 Å². The van der Waals surface area contributed by atoms with Crippen molar-refractivity contribution in [3.8, 4) is 0 Å². The molecule has 3 N–H and O–H groups in total. The van der Waals surface area contributed by atoms with E-state index >= 15 is 0 Å². The Hall–Kier alpha value is -5.32. The fourth-order valence-electron chi connectivity index (χ4n) is 10.4. The lowest BCUT2D eigenvalue weighted by molar-refractivity contribution is -0.161. The van der Waals surface area contributed by atoms with Crippen molar-refractivity contribution in [1.82, 2.24) is 0 Å². The van der Waals surface area contributed by atoms with E-state index in [1.165, 1.54) is 38.5 Å². The first-order chi connectivity index (χ1) is 51.7. The third-order valence-corrected chi connectivity index (χ3v) is 18.4. The summed E-state index contributed by atoms with van der Waals surface area (Å²) in [4.78, 5) is 73.1. The van der Waals surface area contributed by atoms with E-state index in [0.717, 1.165) is 193 Å². The highest BCUT2D eigenvalue weighted by molar-refractivity contribution is 7.47. The molecule has 0 bridgehead atoms. The minimum atomic E-state index is -5.00. The van der Waals surface area contributed by atoms with Crippen LogP contribution in [-0.2, 0) is 65.4 Å². The van der Waals surface area contributed by atoms with Crippen molar-refractivity contribution in [1.29, 1.82) is 0 Å². The number of allylic oxidation sites excluding steroid dienone is 26. The van der Waals surface area contributed by atoms with Crippen molar-refractivity contribution >= 4 is 39.5 Å². The SMILES string of the molecule is CC/C=C\C/C=C\C/C=C\C/C=C\C/C=C\CCCCCC(=O)OCC(COP(=O)(O)OCC(O)COP(=O)(O)OCC(COC(=O)CCCCCC/C=C\C/C=C\C/C=C\C/C=C\CC)OC(=O)CCCCCCC/C=C\CCCCCCCC)OC(=O)CCCCCCC/C=C\C/C=C\C/C=C\CC. The van der Waals surface area contributed by atoms with Crippen molar-refractivity contribution in [3.05, 3.63) is 158 Å². The normalized spacial score (nSPS) is 14.7. The lowest BCUT2D eigenvalue weighted by atomic mass is 10.1. The summed E-state index contributed by atoms with van der Waals surface area (Å²) in [6.45, 7) is 4.44. The van der Waals surface area contributed by atoms with Gasteiger partial charge in [0.25, 0.3) is 0 Å². The number of phosphoric ester groups is 2. The molecule has 0 radical (unpaired) electrons. The van der Waals surface area contributed by atoms with Gasteiger partial charge in [0.1, 0.15) is 19.3 Å². The number of hydrogen-bond donors (Lipinski definition) is 3. The first kappa shape index (κ1) is 101. The Bertz CT molecular complexity index is 2630. The highest BCUT2D eigenvalue weighted by atomic mass is 31.2. The van der Waals surface area contributed by atoms with E-state index in [1.807, 2.05) is 0 Å². The molecule has 0 heterocycles. The van der Waals surface area contributed by atoms with Gasteiger partial charge in [-0.3, -0.25) is 37.3 Å². The molecule has 0 rings (SSSR count). The third kappa shape index (κ3) is 76.9. The second kappa shape index (κ2) is 77.8. The van der Waals surface area contributed by atoms with E-state index in [2.05, 4.69) is 186 Å². The summed E-state index contributed by atoms with van der Waals surface area (Å²) in [6.07, 6.45) is 90.7. The molecule has 0 aromatic rings. The van der Waals surface area contributed by atoms with Gasteiger partial charge in [-0.15, -0.1) is 0 Å². The van der Waals surface area contributed by atoms with E-state index in [1.54, 1.807) is 0 Å². The minimum absolute atomic E-state index is 0.0621. The molecular formula is C87H144O17P2. The molecule has 106 heavy (non-hydrogen) atoms. The number of phosphoric acid groups is 2. The molecule has 0 saturated heterocycles. The van der Waals surface area contributed by atoms with Crippen molar-refractivity contribution in [2.75, 3.05) is 39.6 Å². The molecular weight excluding hydrogens is 1380 g/mol. The quantitative estimate of drug-likeness (QED) is 0.0169. The first-order valence-electron chi connectivity index (χ1n) is 40.7. The van der Waals surface area contributed by atoms with Crippen LogP contribution in [0.2, 0.25) is 0 Å². The van der Waals surface area contributed by atoms with Crippen LogP contribution < -0.4 is 0 Å². The standard InChI is InChI=1S/C87H144O17P2/c1-5-9-13-17-21-25-29-33-37-39-40-42-46-48-52-56-60-64-68-72-85(90)98-78-83(104-87(92)74-70-66-62-58-54-50-44-36-32-28-24-20-16-12-8-4)80-102-106(95,96)100-76-81(88)75-99-105(93,94)101-79-82(103-86(91)73-69-65-61-57-53-49-43-35-31-27-23-19-15-11-7-3)77-97-84(89)71-67-63-59-55-51-47-45-41-38-34-30-26-22-18-14-10-6-2/h9-10,12-14,16,21-22,24-26,28,33-38,40,42-45,47-48,52,81-83,88H,5-8,11,15,17-20,23,27,29-32,39,41,46,49-51,53-80H2,1-4H3,(H,93,94)(H,95,96)/b13-9-,14-10-,16-12-,25-21-,26-22-,28-24-,37-33-,38-34-,42-40-,43-35-,44-36-,47-45-,52-48-. The summed E-state index contributed by atoms with van der Waals surface area (Å²) in [6, 6.07) is 0. The molecule has 5 unspecified atom stereocenters. The van der Waals surface area contributed by atoms with Gasteiger partial charge in [-0.25, -0.2) is 9.13 Å². The van der Waals surface area contributed by atoms with Crippen LogP contribution >= 0.6 is 15.6 Å². The largest absolute Gasteiger partial charge is 0.472 e. The predicted molar refractivity (Wildman–Crippen MR) is 436 cm³/mol. The molecule has 604 valence electrons. The summed E-state index contributed by atoms with van der Waals surface area (Å²) in [7, 11) is -9.99. The van der Waals surface area contributed by atoms with Crippen LogP contribution in [0, 0.1) is 0 Å². The molecule has 5 atom stereocenters. The number of rotatable bonds is 75. The number of ether oxygens (including phenoxy) is 4. The zero-order valence-electron chi connectivity index (χ0n) is 66.1. The summed E-state index contributed by atoms with van der Waals surface area (Å²) >= 11 is 0. The molecule has 17 nitrogen and oxygen atoms in total. The summed E-state index contributed by atoms with van der Waals surface area (Å²) < 4.78 is 68.6. The van der Waals surface area contributed by atoms with Gasteiger partial charge < -0.3 is 33.8 Å². The zero-order chi connectivity index (χ0) is 77.4. The summed E-state index contributed by atoms with van der Waals surface area (Å²) in [5, 5.41) is 10.7. The van der Waals surface area contributed by atoms with Crippen molar-refractivity contribution in [2.24, 2.45) is 0 Å². The van der Waals surface area contributed by atoms with Crippen LogP contribution in [0.25, 0.3) is 0 Å². The van der Waals surface area contributed by atoms with Gasteiger partial charge in [-0.1, -0.05) is 276 Å². The van der Waals surface area contributed by atoms with Gasteiger partial charge in [0, 0.05) is 25.7 Å². The number of hydrogen-bond acceptors (Lipinski definition) is 15. The van der Waals surface area contributed by atoms with Crippen LogP contribution in [0.3, 0.4) is 0 Å². The average molecular weight is 1520 g/mol. The number of carbonyl (C=O) groups excluding carboxylic acids is 4. The zero-order valence-corrected chi connectivity index (χ0v) is 67.8. The van der Waals surface area contributed by atoms with Crippen molar-refractivity contribution in [3.63, 3.8) is 0 Å². The molecule has 0 fully saturated rings. The lowest BCUT2D eigenvalue weighted by Gasteiger charge is -2.21. The van der Waals surface area contributed by atoms with E-state index in [4.69, 9.17) is 37.0 Å². The van der Waals surface area contributed by atoms with Crippen LogP contribution in [0.1, 0.15) is 310 Å². The molecule has 0 saturated carbocycles. The smallest absolute Gasteiger partial charge is 0.462 e. The first-order valence-corrected chi connectivity index (χ1v) is 43.7. The van der Waals surface area contributed by atoms with Crippen LogP contribution in [-0.4, -0.2) is 96.7 Å². The molecule has 0 aliphatic carbocycles. The van der Waals surface area contributed by atoms with Gasteiger partial charge >= 0.3 is 39.5 Å². The maximum Gasteiger partial charge on any atom is 0.472 e. The monoisotopic (exact) mass is 1520 g/mol. The highest BCUT2D eigenvalue weighted by Gasteiger charge is 2.30. The fourth-order valence-corrected chi connectivity index (χ4v) is 11.9. The predicted octanol–water partition coefficient (Wildman–Crippen LogP) is 24.0. The van der Waals surface area contributed by atoms with Gasteiger partial charge in [0.2, 0.25) is 0 Å². The molecule has 0 aromatic heterocycles. The average Bonchev–Trinajstić information content (AvgIpc) is 0.909. The number of aliphatic hydroxyl groups excluding tert-OH is 1. The minimum Gasteiger partial charge on any atom is -0.462 e. The van der Waals surface area contributed by atoms with Crippen LogP contribution in [0.5, 0.6) is 0 Å². The van der Waals surface area contributed by atoms with Crippen molar-refractivity contribution < 1.29 is 80.2 Å². The third-order valence-electron chi connectivity index (χ3n) is 16.5. The second-order valence-electron chi connectivity index (χ2n) is 26.6. The molecule has 0 aliphatic rings. The number of carbonyl (C=O) groups is 4. The van der Waals surface area contributed by atoms with Gasteiger partial charge in [-0.05, 0) is 167 Å². The van der Waals surface area contributed by atoms with Crippen molar-refractivity contribution in [2.45, 2.75) is 329 Å². The topological polar surface area (TPSA) is 237 Å². The Kier molecular flexibility index (Phi) is 73.9. The highest BCUT2D eigenvalue weighted by Crippen LogP contribution is 2.45. The Balaban J connectivity index is 5.45. The number of esters is 4. The van der Waals surface area contributed by atoms with Gasteiger partial charge in [0.05, 0.1) is 26.4 Å². The maximum atomic E-state index is 13.1. The van der Waals surface area contributed by atoms with Gasteiger partial charge in [-0.2, -0.15) is 0 Å². The molecule has 0 aromatic carbocycles.